The fraction of sp³-hybridized carbons (Fsp3) is 0.316. The third-order valence-electron chi connectivity index (χ3n) is 4.57. The number of H-pyrrole nitrogens is 1. The third kappa shape index (κ3) is 3.33. The highest BCUT2D eigenvalue weighted by Crippen LogP contribution is 2.23. The van der Waals surface area contributed by atoms with E-state index in [0.717, 1.165) is 36.0 Å². The molecule has 2 aromatic heterocycles. The summed E-state index contributed by atoms with van der Waals surface area (Å²) in [6, 6.07) is 9.33. The molecule has 7 heteroatoms. The normalized spacial score (nSPS) is 17.3. The Morgan fingerprint density at radius 3 is 3.04 bits per heavy atom. The van der Waals surface area contributed by atoms with Crippen molar-refractivity contribution in [3.8, 4) is 11.6 Å². The predicted molar refractivity (Wildman–Crippen MR) is 96.4 cm³/mol. The summed E-state index contributed by atoms with van der Waals surface area (Å²) in [6.45, 7) is 1.27. The monoisotopic (exact) mass is 352 g/mol. The number of aromatic nitrogens is 3. The lowest BCUT2D eigenvalue weighted by Gasteiger charge is -2.32. The Kier molecular flexibility index (Phi) is 4.43. The van der Waals surface area contributed by atoms with E-state index < -0.39 is 0 Å². The molecule has 1 amide bonds. The van der Waals surface area contributed by atoms with Gasteiger partial charge in [0.25, 0.3) is 5.91 Å². The average Bonchev–Trinajstić information content (AvgIpc) is 3.11. The maximum absolute atomic E-state index is 12.9. The molecule has 0 aliphatic carbocycles. The van der Waals surface area contributed by atoms with Gasteiger partial charge >= 0.3 is 0 Å². The number of methoxy groups -OCH3 is 1. The van der Waals surface area contributed by atoms with Gasteiger partial charge in [-0.25, -0.2) is 9.97 Å². The number of carbonyl (C=O) groups is 1. The van der Waals surface area contributed by atoms with Crippen LogP contribution in [-0.2, 0) is 0 Å². The maximum atomic E-state index is 12.9. The van der Waals surface area contributed by atoms with Crippen LogP contribution in [0.4, 0.5) is 0 Å². The topological polar surface area (TPSA) is 80.3 Å². The van der Waals surface area contributed by atoms with Gasteiger partial charge in [-0.1, -0.05) is 0 Å². The maximum Gasteiger partial charge on any atom is 0.270 e. The van der Waals surface area contributed by atoms with Crippen molar-refractivity contribution in [1.29, 1.82) is 0 Å². The minimum Gasteiger partial charge on any atom is -0.497 e. The quantitative estimate of drug-likeness (QED) is 0.781. The van der Waals surface area contributed by atoms with Gasteiger partial charge in [0.05, 0.1) is 13.7 Å². The van der Waals surface area contributed by atoms with Gasteiger partial charge in [0, 0.05) is 35.8 Å². The van der Waals surface area contributed by atoms with Crippen LogP contribution in [0.1, 0.15) is 23.3 Å². The van der Waals surface area contributed by atoms with Crippen LogP contribution >= 0.6 is 0 Å². The van der Waals surface area contributed by atoms with Crippen molar-refractivity contribution in [1.82, 2.24) is 19.9 Å². The first kappa shape index (κ1) is 16.4. The number of amides is 1. The average molecular weight is 352 g/mol. The molecule has 1 aliphatic heterocycles. The molecular formula is C19H20N4O3. The van der Waals surface area contributed by atoms with E-state index in [4.69, 9.17) is 9.47 Å². The fourth-order valence-electron chi connectivity index (χ4n) is 3.26. The zero-order chi connectivity index (χ0) is 17.9. The number of hydrogen-bond donors (Lipinski definition) is 1. The first-order valence-electron chi connectivity index (χ1n) is 8.61. The molecule has 1 atom stereocenters. The number of aromatic amines is 1. The van der Waals surface area contributed by atoms with Gasteiger partial charge in [-0.15, -0.1) is 0 Å². The molecule has 0 unspecified atom stereocenters. The van der Waals surface area contributed by atoms with Crippen molar-refractivity contribution >= 4 is 16.8 Å². The van der Waals surface area contributed by atoms with Crippen LogP contribution in [0.15, 0.2) is 42.9 Å². The van der Waals surface area contributed by atoms with Crippen LogP contribution in [0.5, 0.6) is 11.6 Å². The van der Waals surface area contributed by atoms with Gasteiger partial charge in [0.1, 0.15) is 23.9 Å². The molecule has 0 bridgehead atoms. The molecule has 1 N–H and O–H groups in total. The summed E-state index contributed by atoms with van der Waals surface area (Å²) in [5, 5.41) is 0.986. The number of likely N-dealkylation sites (tertiary alicyclic amines) is 1. The highest BCUT2D eigenvalue weighted by atomic mass is 16.5. The summed E-state index contributed by atoms with van der Waals surface area (Å²) in [6.07, 6.45) is 4.84. The molecule has 7 nitrogen and oxygen atoms in total. The number of benzene rings is 1. The van der Waals surface area contributed by atoms with E-state index in [-0.39, 0.29) is 12.0 Å². The lowest BCUT2D eigenvalue weighted by Crippen LogP contribution is -2.44. The Morgan fingerprint density at radius 1 is 1.31 bits per heavy atom. The van der Waals surface area contributed by atoms with Crippen LogP contribution < -0.4 is 9.47 Å². The smallest absolute Gasteiger partial charge is 0.270 e. The van der Waals surface area contributed by atoms with Crippen LogP contribution in [0.2, 0.25) is 0 Å². The lowest BCUT2D eigenvalue weighted by molar-refractivity contribution is 0.0523. The largest absolute Gasteiger partial charge is 0.497 e. The zero-order valence-electron chi connectivity index (χ0n) is 14.5. The first-order chi connectivity index (χ1) is 12.7. The molecule has 0 saturated carbocycles. The molecule has 1 fully saturated rings. The standard InChI is InChI=1S/C19H20N4O3/c1-25-14-5-4-13-9-17(22-16(13)10-14)19(24)23-8-2-3-15(11-23)26-18-6-7-20-12-21-18/h4-7,9-10,12,15,22H,2-3,8,11H2,1H3/t15-/m1/s1. The number of rotatable bonds is 4. The molecule has 3 heterocycles. The van der Waals surface area contributed by atoms with Crippen molar-refractivity contribution in [3.63, 3.8) is 0 Å². The molecular weight excluding hydrogens is 332 g/mol. The molecule has 1 saturated heterocycles. The number of nitrogens with zero attached hydrogens (tertiary/aromatic N) is 3. The molecule has 4 rings (SSSR count). The molecule has 3 aromatic rings. The summed E-state index contributed by atoms with van der Waals surface area (Å²) in [5.41, 5.74) is 1.47. The minimum absolute atomic E-state index is 0.0174. The van der Waals surface area contributed by atoms with Crippen LogP contribution in [0, 0.1) is 0 Å². The van der Waals surface area contributed by atoms with Gasteiger partial charge in [0.2, 0.25) is 5.88 Å². The van der Waals surface area contributed by atoms with Crippen molar-refractivity contribution < 1.29 is 14.3 Å². The summed E-state index contributed by atoms with van der Waals surface area (Å²) >= 11 is 0. The van der Waals surface area contributed by atoms with E-state index in [1.54, 1.807) is 19.4 Å². The van der Waals surface area contributed by atoms with E-state index in [0.29, 0.717) is 18.1 Å². The van der Waals surface area contributed by atoms with Gasteiger partial charge < -0.3 is 19.4 Å². The second-order valence-corrected chi connectivity index (χ2v) is 6.32. The fourth-order valence-corrected chi connectivity index (χ4v) is 3.26. The van der Waals surface area contributed by atoms with Crippen molar-refractivity contribution in [2.75, 3.05) is 20.2 Å². The number of ether oxygens (including phenoxy) is 2. The van der Waals surface area contributed by atoms with Crippen molar-refractivity contribution in [2.45, 2.75) is 18.9 Å². The minimum atomic E-state index is -0.0629. The molecule has 0 radical (unpaired) electrons. The molecule has 1 aromatic carbocycles. The van der Waals surface area contributed by atoms with E-state index in [2.05, 4.69) is 15.0 Å². The van der Waals surface area contributed by atoms with E-state index >= 15 is 0 Å². The second kappa shape index (κ2) is 7.03. The van der Waals surface area contributed by atoms with Crippen LogP contribution in [0.25, 0.3) is 10.9 Å². The van der Waals surface area contributed by atoms with Crippen molar-refractivity contribution in [3.05, 3.63) is 48.5 Å². The Balaban J connectivity index is 1.48. The first-order valence-corrected chi connectivity index (χ1v) is 8.61. The summed E-state index contributed by atoms with van der Waals surface area (Å²) < 4.78 is 11.1. The predicted octanol–water partition coefficient (Wildman–Crippen LogP) is 2.65. The summed E-state index contributed by atoms with van der Waals surface area (Å²) in [4.78, 5) is 25.9. The van der Waals surface area contributed by atoms with E-state index in [1.807, 2.05) is 29.2 Å². The van der Waals surface area contributed by atoms with Crippen molar-refractivity contribution in [2.24, 2.45) is 0 Å². The summed E-state index contributed by atoms with van der Waals surface area (Å²) in [5.74, 6) is 1.28. The Labute approximate surface area is 151 Å². The number of piperidine rings is 1. The van der Waals surface area contributed by atoms with Gasteiger partial charge in [0.15, 0.2) is 0 Å². The number of nitrogens with one attached hydrogen (secondary N) is 1. The van der Waals surface area contributed by atoms with E-state index in [9.17, 15) is 4.79 Å². The Hall–Kier alpha value is -3.09. The Bertz CT molecular complexity index is 910. The number of fused-ring (bicyclic) bond motifs is 1. The van der Waals surface area contributed by atoms with Gasteiger partial charge in [-0.3, -0.25) is 4.79 Å². The van der Waals surface area contributed by atoms with Crippen LogP contribution in [-0.4, -0.2) is 52.1 Å². The highest BCUT2D eigenvalue weighted by molar-refractivity contribution is 5.98. The van der Waals surface area contributed by atoms with Gasteiger partial charge in [-0.2, -0.15) is 0 Å². The highest BCUT2D eigenvalue weighted by Gasteiger charge is 2.26. The summed E-state index contributed by atoms with van der Waals surface area (Å²) in [7, 11) is 1.63. The van der Waals surface area contributed by atoms with Gasteiger partial charge in [-0.05, 0) is 31.0 Å². The van der Waals surface area contributed by atoms with Crippen LogP contribution in [0.3, 0.4) is 0 Å². The molecule has 26 heavy (non-hydrogen) atoms. The third-order valence-corrected chi connectivity index (χ3v) is 4.57. The molecule has 1 aliphatic rings. The SMILES string of the molecule is COc1ccc2cc(C(=O)N3CCC[C@@H](Oc4ccncn4)C3)[nH]c2c1. The number of carbonyl (C=O) groups excluding carboxylic acids is 1. The Morgan fingerprint density at radius 2 is 2.23 bits per heavy atom. The second-order valence-electron chi connectivity index (χ2n) is 6.32. The lowest BCUT2D eigenvalue weighted by atomic mass is 10.1. The molecule has 134 valence electrons. The van der Waals surface area contributed by atoms with E-state index in [1.165, 1.54) is 6.33 Å². The molecule has 0 spiro atoms. The zero-order valence-corrected chi connectivity index (χ0v) is 14.5. The number of hydrogen-bond acceptors (Lipinski definition) is 5.